The van der Waals surface area contributed by atoms with E-state index in [9.17, 15) is 9.59 Å². The van der Waals surface area contributed by atoms with Crippen LogP contribution in [0.3, 0.4) is 0 Å². The lowest BCUT2D eigenvalue weighted by Gasteiger charge is -2.20. The first-order valence-corrected chi connectivity index (χ1v) is 10.9. The van der Waals surface area contributed by atoms with E-state index in [1.54, 1.807) is 13.0 Å². The molecule has 1 aromatic heterocycles. The number of hydrogen-bond acceptors (Lipinski definition) is 6. The highest BCUT2D eigenvalue weighted by Gasteiger charge is 2.20. The van der Waals surface area contributed by atoms with Crippen molar-refractivity contribution in [1.82, 2.24) is 20.2 Å². The summed E-state index contributed by atoms with van der Waals surface area (Å²) in [6, 6.07) is 15.3. The van der Waals surface area contributed by atoms with Crippen LogP contribution in [-0.2, 0) is 14.3 Å². The van der Waals surface area contributed by atoms with Gasteiger partial charge in [0.25, 0.3) is 5.91 Å². The third kappa shape index (κ3) is 5.91. The van der Waals surface area contributed by atoms with Gasteiger partial charge in [0.2, 0.25) is 0 Å². The van der Waals surface area contributed by atoms with Crippen LogP contribution < -0.4 is 5.32 Å². The maximum absolute atomic E-state index is 12.9. The van der Waals surface area contributed by atoms with E-state index >= 15 is 0 Å². The first-order chi connectivity index (χ1) is 15.8. The zero-order valence-corrected chi connectivity index (χ0v) is 19.6. The van der Waals surface area contributed by atoms with Gasteiger partial charge in [0.15, 0.2) is 18.1 Å². The second kappa shape index (κ2) is 10.7. The van der Waals surface area contributed by atoms with Crippen LogP contribution >= 0.6 is 0 Å². The lowest BCUT2D eigenvalue weighted by molar-refractivity contribution is -0.141. The van der Waals surface area contributed by atoms with Crippen LogP contribution in [0.2, 0.25) is 0 Å². The Labute approximate surface area is 193 Å². The lowest BCUT2D eigenvalue weighted by Crippen LogP contribution is -2.24. The summed E-state index contributed by atoms with van der Waals surface area (Å²) in [6.45, 7) is 9.54. The Hall–Kier alpha value is -3.81. The minimum Gasteiger partial charge on any atom is -0.451 e. The van der Waals surface area contributed by atoms with Crippen molar-refractivity contribution in [2.45, 2.75) is 46.5 Å². The number of rotatable bonds is 8. The molecule has 0 atom stereocenters. The fourth-order valence-electron chi connectivity index (χ4n) is 3.44. The molecule has 0 aliphatic carbocycles. The summed E-state index contributed by atoms with van der Waals surface area (Å²) in [4.78, 5) is 25.7. The number of tetrazole rings is 1. The van der Waals surface area contributed by atoms with E-state index in [4.69, 9.17) is 4.74 Å². The SMILES string of the molecule is Cc1nnnn1C(=Cc1ccccc1)C(=O)OCC(=O)Nc1c(C(C)C)cccc1C(C)C. The van der Waals surface area contributed by atoms with Gasteiger partial charge in [-0.15, -0.1) is 5.10 Å². The molecular formula is C25H29N5O3. The highest BCUT2D eigenvalue weighted by atomic mass is 16.5. The number of hydrogen-bond donors (Lipinski definition) is 1. The average Bonchev–Trinajstić information content (AvgIpc) is 3.21. The van der Waals surface area contributed by atoms with Crippen molar-refractivity contribution in [3.63, 3.8) is 0 Å². The molecule has 3 aromatic rings. The molecule has 0 aliphatic heterocycles. The number of aryl methyl sites for hydroxylation is 1. The van der Waals surface area contributed by atoms with Crippen LogP contribution in [0.5, 0.6) is 0 Å². The predicted molar refractivity (Wildman–Crippen MR) is 127 cm³/mol. The fourth-order valence-corrected chi connectivity index (χ4v) is 3.44. The van der Waals surface area contributed by atoms with Gasteiger partial charge in [0.05, 0.1) is 0 Å². The Morgan fingerprint density at radius 1 is 1.00 bits per heavy atom. The number of carbonyl (C=O) groups excluding carboxylic acids is 2. The molecule has 0 fully saturated rings. The molecule has 0 saturated heterocycles. The number of amides is 1. The zero-order valence-electron chi connectivity index (χ0n) is 19.6. The van der Waals surface area contributed by atoms with Crippen LogP contribution in [-0.4, -0.2) is 38.7 Å². The summed E-state index contributed by atoms with van der Waals surface area (Å²) < 4.78 is 6.64. The average molecular weight is 448 g/mol. The summed E-state index contributed by atoms with van der Waals surface area (Å²) in [5, 5.41) is 14.3. The van der Waals surface area contributed by atoms with Crippen molar-refractivity contribution in [2.24, 2.45) is 0 Å². The molecule has 0 aliphatic rings. The maximum Gasteiger partial charge on any atom is 0.357 e. The largest absolute Gasteiger partial charge is 0.451 e. The summed E-state index contributed by atoms with van der Waals surface area (Å²) in [7, 11) is 0. The van der Waals surface area contributed by atoms with Gasteiger partial charge in [-0.2, -0.15) is 4.68 Å². The van der Waals surface area contributed by atoms with Crippen molar-refractivity contribution in [3.05, 3.63) is 71.0 Å². The number of anilines is 1. The second-order valence-corrected chi connectivity index (χ2v) is 8.32. The molecule has 2 aromatic carbocycles. The summed E-state index contributed by atoms with van der Waals surface area (Å²) in [6.07, 6.45) is 1.62. The number of ether oxygens (including phenoxy) is 1. The smallest absolute Gasteiger partial charge is 0.357 e. The topological polar surface area (TPSA) is 99.0 Å². The summed E-state index contributed by atoms with van der Waals surface area (Å²) in [5.41, 5.74) is 3.74. The second-order valence-electron chi connectivity index (χ2n) is 8.32. The highest BCUT2D eigenvalue weighted by molar-refractivity contribution is 6.15. The van der Waals surface area contributed by atoms with Crippen molar-refractivity contribution < 1.29 is 14.3 Å². The van der Waals surface area contributed by atoms with E-state index < -0.39 is 18.5 Å². The summed E-state index contributed by atoms with van der Waals surface area (Å²) >= 11 is 0. The number of nitrogens with zero attached hydrogens (tertiary/aromatic N) is 4. The quantitative estimate of drug-likeness (QED) is 0.406. The molecule has 0 radical (unpaired) electrons. The van der Waals surface area contributed by atoms with Gasteiger partial charge in [-0.3, -0.25) is 4.79 Å². The molecule has 0 saturated carbocycles. The Morgan fingerprint density at radius 2 is 1.64 bits per heavy atom. The van der Waals surface area contributed by atoms with Gasteiger partial charge < -0.3 is 10.1 Å². The molecule has 0 spiro atoms. The van der Waals surface area contributed by atoms with E-state index in [2.05, 4.69) is 48.5 Å². The molecule has 3 rings (SSSR count). The van der Waals surface area contributed by atoms with Crippen molar-refractivity contribution in [1.29, 1.82) is 0 Å². The van der Waals surface area contributed by atoms with Crippen molar-refractivity contribution >= 4 is 29.3 Å². The number of nitrogens with one attached hydrogen (secondary N) is 1. The molecule has 172 valence electrons. The van der Waals surface area contributed by atoms with Gasteiger partial charge in [0.1, 0.15) is 0 Å². The number of benzene rings is 2. The number of aromatic nitrogens is 4. The van der Waals surface area contributed by atoms with E-state index in [1.165, 1.54) is 4.68 Å². The van der Waals surface area contributed by atoms with Crippen LogP contribution in [0.1, 0.15) is 62.0 Å². The van der Waals surface area contributed by atoms with E-state index in [-0.39, 0.29) is 17.5 Å². The fraction of sp³-hybridized carbons (Fsp3) is 0.320. The van der Waals surface area contributed by atoms with Crippen molar-refractivity contribution in [2.75, 3.05) is 11.9 Å². The third-order valence-electron chi connectivity index (χ3n) is 5.14. The van der Waals surface area contributed by atoms with Crippen LogP contribution in [0.15, 0.2) is 48.5 Å². The Bertz CT molecular complexity index is 1120. The normalized spacial score (nSPS) is 11.7. The number of carbonyl (C=O) groups is 2. The van der Waals surface area contributed by atoms with Crippen LogP contribution in [0, 0.1) is 6.92 Å². The van der Waals surface area contributed by atoms with Gasteiger partial charge in [-0.05, 0) is 52.0 Å². The molecule has 0 bridgehead atoms. The Morgan fingerprint density at radius 3 is 2.18 bits per heavy atom. The first kappa shape index (κ1) is 23.8. The van der Waals surface area contributed by atoms with Crippen molar-refractivity contribution in [3.8, 4) is 0 Å². The maximum atomic E-state index is 12.9. The predicted octanol–water partition coefficient (Wildman–Crippen LogP) is 4.41. The standard InChI is InChI=1S/C25H29N5O3/c1-16(2)20-12-9-13-21(17(3)4)24(20)26-23(31)15-33-25(32)22(30-18(5)27-28-29-30)14-19-10-7-6-8-11-19/h6-14,16-17H,15H2,1-5H3,(H,26,31). The highest BCUT2D eigenvalue weighted by Crippen LogP contribution is 2.32. The Balaban J connectivity index is 1.79. The minimum absolute atomic E-state index is 0.113. The lowest BCUT2D eigenvalue weighted by atomic mass is 9.92. The number of esters is 1. The molecule has 0 unspecified atom stereocenters. The molecule has 8 nitrogen and oxygen atoms in total. The van der Waals surface area contributed by atoms with Gasteiger partial charge in [-0.25, -0.2) is 4.79 Å². The monoisotopic (exact) mass is 447 g/mol. The minimum atomic E-state index is -0.703. The third-order valence-corrected chi connectivity index (χ3v) is 5.14. The first-order valence-electron chi connectivity index (χ1n) is 10.9. The molecule has 8 heteroatoms. The Kier molecular flexibility index (Phi) is 7.71. The van der Waals surface area contributed by atoms with Crippen LogP contribution in [0.25, 0.3) is 11.8 Å². The van der Waals surface area contributed by atoms with Gasteiger partial charge in [0, 0.05) is 5.69 Å². The van der Waals surface area contributed by atoms with E-state index in [0.29, 0.717) is 5.82 Å². The molecule has 33 heavy (non-hydrogen) atoms. The molecular weight excluding hydrogens is 418 g/mol. The van der Waals surface area contributed by atoms with E-state index in [1.807, 2.05) is 48.5 Å². The van der Waals surface area contributed by atoms with Crippen LogP contribution in [0.4, 0.5) is 5.69 Å². The molecule has 1 amide bonds. The van der Waals surface area contributed by atoms with Gasteiger partial charge in [-0.1, -0.05) is 76.2 Å². The van der Waals surface area contributed by atoms with Gasteiger partial charge >= 0.3 is 5.97 Å². The molecule has 1 heterocycles. The molecule has 1 N–H and O–H groups in total. The zero-order chi connectivity index (χ0) is 24.0. The number of para-hydroxylation sites is 1. The summed E-state index contributed by atoms with van der Waals surface area (Å²) in [5.74, 6) is -0.239. The van der Waals surface area contributed by atoms with E-state index in [0.717, 1.165) is 22.4 Å².